The van der Waals surface area contributed by atoms with Crippen molar-refractivity contribution in [1.29, 1.82) is 0 Å². The highest BCUT2D eigenvalue weighted by atomic mass is 15.2. The molecule has 1 aromatic carbocycles. The van der Waals surface area contributed by atoms with Crippen molar-refractivity contribution in [2.24, 2.45) is 0 Å². The summed E-state index contributed by atoms with van der Waals surface area (Å²) in [5.41, 5.74) is 4.02. The molecule has 3 aromatic rings. The average Bonchev–Trinajstić information content (AvgIpc) is 3.06. The van der Waals surface area contributed by atoms with E-state index >= 15 is 0 Å². The third-order valence-corrected chi connectivity index (χ3v) is 4.49. The number of fused-ring (bicyclic) bond motifs is 1. The Kier molecular flexibility index (Phi) is 5.11. The largest absolute Gasteiger partial charge is 0.373 e. The Morgan fingerprint density at radius 3 is 2.42 bits per heavy atom. The van der Waals surface area contributed by atoms with Gasteiger partial charge in [-0.25, -0.2) is 9.97 Å². The Morgan fingerprint density at radius 2 is 1.75 bits per heavy atom. The molecular formula is C19H25N5. The molecule has 0 amide bonds. The van der Waals surface area contributed by atoms with Crippen LogP contribution in [0.4, 0.5) is 5.69 Å². The number of aromatic amines is 1. The second-order valence-corrected chi connectivity index (χ2v) is 5.96. The summed E-state index contributed by atoms with van der Waals surface area (Å²) in [6.45, 7) is 8.73. The van der Waals surface area contributed by atoms with Gasteiger partial charge in [0.2, 0.25) is 0 Å². The number of likely N-dealkylation sites (N-methyl/N-ethyl adjacent to an activating group) is 2. The highest BCUT2D eigenvalue weighted by Gasteiger charge is 2.07. The van der Waals surface area contributed by atoms with E-state index in [1.165, 1.54) is 5.69 Å². The minimum Gasteiger partial charge on any atom is -0.373 e. The Balaban J connectivity index is 1.70. The summed E-state index contributed by atoms with van der Waals surface area (Å²) >= 11 is 0. The van der Waals surface area contributed by atoms with E-state index < -0.39 is 0 Å². The molecular weight excluding hydrogens is 298 g/mol. The lowest BCUT2D eigenvalue weighted by molar-refractivity contribution is 0.311. The van der Waals surface area contributed by atoms with E-state index in [-0.39, 0.29) is 0 Å². The van der Waals surface area contributed by atoms with E-state index in [9.17, 15) is 0 Å². The van der Waals surface area contributed by atoms with Gasteiger partial charge in [0.05, 0.1) is 5.52 Å². The zero-order valence-corrected chi connectivity index (χ0v) is 14.7. The fourth-order valence-corrected chi connectivity index (χ4v) is 2.82. The van der Waals surface area contributed by atoms with E-state index in [1.807, 2.05) is 12.1 Å². The SMILES string of the molecule is CCN(CC)CCN(C)c1ccc(-c2nc3ncccc3[nH]2)cc1. The molecule has 0 bridgehead atoms. The molecule has 1 N–H and O–H groups in total. The molecule has 0 saturated carbocycles. The summed E-state index contributed by atoms with van der Waals surface area (Å²) in [5.74, 6) is 0.862. The molecule has 0 fully saturated rings. The number of hydrogen-bond acceptors (Lipinski definition) is 4. The standard InChI is InChI=1S/C19H25N5/c1-4-24(5-2)14-13-23(3)16-10-8-15(9-11-16)18-21-17-7-6-12-20-19(17)22-18/h6-12H,4-5,13-14H2,1-3H3,(H,20,21,22). The molecule has 3 rings (SSSR count). The Morgan fingerprint density at radius 1 is 1.00 bits per heavy atom. The van der Waals surface area contributed by atoms with Gasteiger partial charge in [-0.1, -0.05) is 13.8 Å². The first-order chi connectivity index (χ1) is 11.7. The van der Waals surface area contributed by atoms with Crippen LogP contribution >= 0.6 is 0 Å². The van der Waals surface area contributed by atoms with Crippen LogP contribution in [-0.4, -0.2) is 53.1 Å². The average molecular weight is 323 g/mol. The van der Waals surface area contributed by atoms with Gasteiger partial charge in [0.25, 0.3) is 0 Å². The molecule has 24 heavy (non-hydrogen) atoms. The predicted octanol–water partition coefficient (Wildman–Crippen LogP) is 3.40. The summed E-state index contributed by atoms with van der Waals surface area (Å²) in [6, 6.07) is 12.4. The lowest BCUT2D eigenvalue weighted by Gasteiger charge is -2.24. The Labute approximate surface area is 143 Å². The molecule has 5 nitrogen and oxygen atoms in total. The minimum absolute atomic E-state index is 0.757. The van der Waals surface area contributed by atoms with Gasteiger partial charge in [-0.3, -0.25) is 0 Å². The van der Waals surface area contributed by atoms with Crippen LogP contribution in [0.1, 0.15) is 13.8 Å². The predicted molar refractivity (Wildman–Crippen MR) is 100 cm³/mol. The van der Waals surface area contributed by atoms with Crippen molar-refractivity contribution in [2.45, 2.75) is 13.8 Å². The van der Waals surface area contributed by atoms with Crippen LogP contribution in [0.15, 0.2) is 42.6 Å². The van der Waals surface area contributed by atoms with Crippen molar-refractivity contribution >= 4 is 16.9 Å². The van der Waals surface area contributed by atoms with Crippen molar-refractivity contribution in [2.75, 3.05) is 38.1 Å². The van der Waals surface area contributed by atoms with Crippen molar-refractivity contribution < 1.29 is 0 Å². The smallest absolute Gasteiger partial charge is 0.178 e. The number of nitrogens with zero attached hydrogens (tertiary/aromatic N) is 4. The van der Waals surface area contributed by atoms with Gasteiger partial charge in [-0.05, 0) is 49.5 Å². The van der Waals surface area contributed by atoms with Crippen molar-refractivity contribution in [3.63, 3.8) is 0 Å². The van der Waals surface area contributed by atoms with Gasteiger partial charge in [0.15, 0.2) is 5.65 Å². The molecule has 2 aromatic heterocycles. The van der Waals surface area contributed by atoms with Gasteiger partial charge < -0.3 is 14.8 Å². The molecule has 126 valence electrons. The monoisotopic (exact) mass is 323 g/mol. The molecule has 2 heterocycles. The van der Waals surface area contributed by atoms with E-state index in [2.05, 4.69) is 69.9 Å². The lowest BCUT2D eigenvalue weighted by Crippen LogP contribution is -2.33. The van der Waals surface area contributed by atoms with E-state index in [0.29, 0.717) is 0 Å². The maximum atomic E-state index is 4.55. The van der Waals surface area contributed by atoms with Crippen LogP contribution in [0, 0.1) is 0 Å². The molecule has 0 saturated heterocycles. The first kappa shape index (κ1) is 16.5. The summed E-state index contributed by atoms with van der Waals surface area (Å²) in [5, 5.41) is 0. The van der Waals surface area contributed by atoms with E-state index in [1.54, 1.807) is 6.20 Å². The zero-order valence-electron chi connectivity index (χ0n) is 14.7. The number of H-pyrrole nitrogens is 1. The summed E-state index contributed by atoms with van der Waals surface area (Å²) in [7, 11) is 2.14. The normalized spacial score (nSPS) is 11.3. The quantitative estimate of drug-likeness (QED) is 0.724. The highest BCUT2D eigenvalue weighted by molar-refractivity contribution is 5.75. The third-order valence-electron chi connectivity index (χ3n) is 4.49. The second kappa shape index (κ2) is 7.45. The minimum atomic E-state index is 0.757. The van der Waals surface area contributed by atoms with Crippen LogP contribution in [0.5, 0.6) is 0 Å². The maximum Gasteiger partial charge on any atom is 0.178 e. The van der Waals surface area contributed by atoms with Crippen LogP contribution < -0.4 is 4.90 Å². The van der Waals surface area contributed by atoms with Gasteiger partial charge in [0.1, 0.15) is 5.82 Å². The fraction of sp³-hybridized carbons (Fsp3) is 0.368. The van der Waals surface area contributed by atoms with Crippen LogP contribution in [0.2, 0.25) is 0 Å². The number of benzene rings is 1. The summed E-state index contributed by atoms with van der Waals surface area (Å²) in [6.07, 6.45) is 1.76. The lowest BCUT2D eigenvalue weighted by atomic mass is 10.2. The zero-order chi connectivity index (χ0) is 16.9. The van der Waals surface area contributed by atoms with Crippen molar-refractivity contribution in [3.8, 4) is 11.4 Å². The second-order valence-electron chi connectivity index (χ2n) is 5.96. The summed E-state index contributed by atoms with van der Waals surface area (Å²) in [4.78, 5) is 16.9. The number of hydrogen-bond donors (Lipinski definition) is 1. The summed E-state index contributed by atoms with van der Waals surface area (Å²) < 4.78 is 0. The first-order valence-electron chi connectivity index (χ1n) is 8.56. The molecule has 0 aliphatic carbocycles. The van der Waals surface area contributed by atoms with Crippen LogP contribution in [0.3, 0.4) is 0 Å². The highest BCUT2D eigenvalue weighted by Crippen LogP contribution is 2.22. The molecule has 0 aliphatic heterocycles. The number of aromatic nitrogens is 3. The number of imidazole rings is 1. The number of nitrogens with one attached hydrogen (secondary N) is 1. The molecule has 0 unspecified atom stereocenters. The van der Waals surface area contributed by atoms with Gasteiger partial charge in [0, 0.05) is 37.6 Å². The van der Waals surface area contributed by atoms with Gasteiger partial charge >= 0.3 is 0 Å². The maximum absolute atomic E-state index is 4.55. The van der Waals surface area contributed by atoms with E-state index in [4.69, 9.17) is 0 Å². The number of anilines is 1. The molecule has 0 atom stereocenters. The fourth-order valence-electron chi connectivity index (χ4n) is 2.82. The first-order valence-corrected chi connectivity index (χ1v) is 8.56. The van der Waals surface area contributed by atoms with Crippen molar-refractivity contribution in [3.05, 3.63) is 42.6 Å². The van der Waals surface area contributed by atoms with Gasteiger partial charge in [-0.2, -0.15) is 0 Å². The topological polar surface area (TPSA) is 48.1 Å². The molecule has 0 aliphatic rings. The Hall–Kier alpha value is -2.40. The van der Waals surface area contributed by atoms with Crippen LogP contribution in [-0.2, 0) is 0 Å². The molecule has 0 radical (unpaired) electrons. The molecule has 0 spiro atoms. The van der Waals surface area contributed by atoms with Crippen LogP contribution in [0.25, 0.3) is 22.6 Å². The third kappa shape index (κ3) is 3.57. The Bertz CT molecular complexity index is 741. The number of pyridine rings is 1. The van der Waals surface area contributed by atoms with E-state index in [0.717, 1.165) is 48.7 Å². The number of rotatable bonds is 7. The van der Waals surface area contributed by atoms with Crippen molar-refractivity contribution in [1.82, 2.24) is 19.9 Å². The molecule has 5 heteroatoms. The van der Waals surface area contributed by atoms with Gasteiger partial charge in [-0.15, -0.1) is 0 Å².